The van der Waals surface area contributed by atoms with Gasteiger partial charge in [0.15, 0.2) is 12.2 Å². The van der Waals surface area contributed by atoms with Gasteiger partial charge in [0.25, 0.3) is 0 Å². The van der Waals surface area contributed by atoms with Crippen LogP contribution in [-0.4, -0.2) is 96.7 Å². The minimum absolute atomic E-state index is 0.107. The summed E-state index contributed by atoms with van der Waals surface area (Å²) in [6, 6.07) is 0. The Morgan fingerprint density at radius 2 is 0.529 bits per heavy atom. The molecule has 17 nitrogen and oxygen atoms in total. The molecule has 3 N–H and O–H groups in total. The van der Waals surface area contributed by atoms with Gasteiger partial charge in [0.05, 0.1) is 26.4 Å². The van der Waals surface area contributed by atoms with E-state index < -0.39 is 97.5 Å². The maximum absolute atomic E-state index is 13.0. The van der Waals surface area contributed by atoms with Crippen LogP contribution < -0.4 is 0 Å². The summed E-state index contributed by atoms with van der Waals surface area (Å²) in [5, 5.41) is 10.5. The average Bonchev–Trinajstić information content (AvgIpc) is 3.70. The van der Waals surface area contributed by atoms with Crippen molar-refractivity contribution in [2.24, 2.45) is 5.92 Å². The SMILES string of the molecule is CCCCCCCCCCCCCCCCC(=O)OC[C@H](COP(=O)(O)OC[C@@H](O)COP(=O)(O)OC[C@@H](COC(=O)CCCCCCC)OC(=O)CCCCCCCCCCCCCCC)OC(=O)CCCCCCCCCCCCCCC(C)C. The quantitative estimate of drug-likeness (QED) is 0.0222. The number of esters is 4. The summed E-state index contributed by atoms with van der Waals surface area (Å²) < 4.78 is 68.0. The highest BCUT2D eigenvalue weighted by Crippen LogP contribution is 2.45. The summed E-state index contributed by atoms with van der Waals surface area (Å²) in [6.07, 6.45) is 47.4. The fraction of sp³-hybridized carbons (Fsp3) is 0.941. The molecule has 0 aromatic heterocycles. The first-order valence-electron chi connectivity index (χ1n) is 35.6. The number of hydrogen-bond donors (Lipinski definition) is 3. The van der Waals surface area contributed by atoms with Crippen LogP contribution >= 0.6 is 15.6 Å². The number of rotatable bonds is 68. The molecular formula is C68H132O17P2. The number of phosphoric acid groups is 2. The Kier molecular flexibility index (Phi) is 60.2. The lowest BCUT2D eigenvalue weighted by atomic mass is 10.0. The summed E-state index contributed by atoms with van der Waals surface area (Å²) >= 11 is 0. The Hall–Kier alpha value is -1.94. The van der Waals surface area contributed by atoms with Gasteiger partial charge in [-0.15, -0.1) is 0 Å². The Morgan fingerprint density at radius 1 is 0.310 bits per heavy atom. The molecule has 0 saturated carbocycles. The van der Waals surface area contributed by atoms with Crippen LogP contribution in [0.5, 0.6) is 0 Å². The smallest absolute Gasteiger partial charge is 0.462 e. The largest absolute Gasteiger partial charge is 0.472 e. The van der Waals surface area contributed by atoms with Crippen molar-refractivity contribution in [3.63, 3.8) is 0 Å². The zero-order valence-electron chi connectivity index (χ0n) is 56.2. The minimum Gasteiger partial charge on any atom is -0.462 e. The fourth-order valence-corrected chi connectivity index (χ4v) is 11.9. The van der Waals surface area contributed by atoms with Gasteiger partial charge in [-0.1, -0.05) is 298 Å². The summed E-state index contributed by atoms with van der Waals surface area (Å²) in [6.45, 7) is 7.16. The monoisotopic (exact) mass is 1280 g/mol. The molecule has 0 radical (unpaired) electrons. The molecule has 87 heavy (non-hydrogen) atoms. The van der Waals surface area contributed by atoms with Crippen LogP contribution in [0.15, 0.2) is 0 Å². The zero-order chi connectivity index (χ0) is 64.2. The van der Waals surface area contributed by atoms with Crippen LogP contribution in [0.3, 0.4) is 0 Å². The average molecular weight is 1280 g/mol. The number of ether oxygens (including phenoxy) is 4. The van der Waals surface area contributed by atoms with Crippen molar-refractivity contribution in [1.82, 2.24) is 0 Å². The maximum atomic E-state index is 13.0. The Morgan fingerprint density at radius 3 is 0.782 bits per heavy atom. The normalized spacial score (nSPS) is 14.1. The minimum atomic E-state index is -4.95. The van der Waals surface area contributed by atoms with Crippen LogP contribution in [0.1, 0.15) is 349 Å². The van der Waals surface area contributed by atoms with Gasteiger partial charge in [0.1, 0.15) is 19.3 Å². The molecule has 0 aliphatic carbocycles. The highest BCUT2D eigenvalue weighted by Gasteiger charge is 2.30. The van der Waals surface area contributed by atoms with Crippen LogP contribution in [0.2, 0.25) is 0 Å². The number of unbranched alkanes of at least 4 members (excludes halogenated alkanes) is 40. The van der Waals surface area contributed by atoms with E-state index in [9.17, 15) is 43.2 Å². The van der Waals surface area contributed by atoms with Gasteiger partial charge in [-0.2, -0.15) is 0 Å². The van der Waals surface area contributed by atoms with E-state index in [4.69, 9.17) is 37.0 Å². The van der Waals surface area contributed by atoms with E-state index in [1.165, 1.54) is 167 Å². The molecule has 0 rings (SSSR count). The lowest BCUT2D eigenvalue weighted by Gasteiger charge is -2.21. The van der Waals surface area contributed by atoms with Crippen molar-refractivity contribution in [3.05, 3.63) is 0 Å². The fourth-order valence-electron chi connectivity index (χ4n) is 10.3. The van der Waals surface area contributed by atoms with E-state index in [0.29, 0.717) is 25.7 Å². The van der Waals surface area contributed by atoms with Crippen molar-refractivity contribution in [2.45, 2.75) is 368 Å². The standard InChI is InChI=1S/C68H132O17P2/c1-6-9-12-15-17-19-21-23-25-29-33-37-42-47-52-66(71)79-58-64(85-68(73)54-49-44-39-35-31-27-26-28-32-36-41-45-50-61(4)5)60-83-87(76,77)81-56-62(69)55-80-86(74,75)82-59-63(57-78-65(70)51-46-40-14-11-8-3)84-67(72)53-48-43-38-34-30-24-22-20-18-16-13-10-7-2/h61-64,69H,6-60H2,1-5H3,(H,74,75)(H,76,77)/t62-,63+,64+/m0/s1. The summed E-state index contributed by atoms with van der Waals surface area (Å²) in [4.78, 5) is 72.2. The van der Waals surface area contributed by atoms with Gasteiger partial charge in [-0.25, -0.2) is 9.13 Å². The summed E-state index contributed by atoms with van der Waals surface area (Å²) in [5.41, 5.74) is 0. The number of carbonyl (C=O) groups excluding carboxylic acids is 4. The second-order valence-corrected chi connectivity index (χ2v) is 27.9. The molecule has 516 valence electrons. The predicted molar refractivity (Wildman–Crippen MR) is 349 cm³/mol. The molecule has 19 heteroatoms. The molecular weight excluding hydrogens is 1150 g/mol. The maximum Gasteiger partial charge on any atom is 0.472 e. The van der Waals surface area contributed by atoms with Gasteiger partial charge < -0.3 is 33.8 Å². The third kappa shape index (κ3) is 62.6. The molecule has 0 heterocycles. The summed E-state index contributed by atoms with van der Waals surface area (Å²) in [7, 11) is -9.89. The van der Waals surface area contributed by atoms with Gasteiger partial charge >= 0.3 is 39.5 Å². The number of phosphoric ester groups is 2. The van der Waals surface area contributed by atoms with Crippen LogP contribution in [-0.2, 0) is 65.4 Å². The molecule has 2 unspecified atom stereocenters. The van der Waals surface area contributed by atoms with Crippen molar-refractivity contribution in [1.29, 1.82) is 0 Å². The van der Waals surface area contributed by atoms with Crippen LogP contribution in [0.4, 0.5) is 0 Å². The molecule has 0 aromatic carbocycles. The number of aliphatic hydroxyl groups excluding tert-OH is 1. The van der Waals surface area contributed by atoms with Gasteiger partial charge in [0.2, 0.25) is 0 Å². The molecule has 0 bridgehead atoms. The topological polar surface area (TPSA) is 237 Å². The van der Waals surface area contributed by atoms with Crippen molar-refractivity contribution < 1.29 is 80.2 Å². The third-order valence-corrected chi connectivity index (χ3v) is 17.7. The Bertz CT molecular complexity index is 1690. The lowest BCUT2D eigenvalue weighted by molar-refractivity contribution is -0.161. The highest BCUT2D eigenvalue weighted by molar-refractivity contribution is 7.47. The second kappa shape index (κ2) is 61.6. The third-order valence-electron chi connectivity index (χ3n) is 15.8. The van der Waals surface area contributed by atoms with Crippen molar-refractivity contribution >= 4 is 39.5 Å². The number of hydrogen-bond acceptors (Lipinski definition) is 15. The number of carbonyl (C=O) groups is 4. The predicted octanol–water partition coefficient (Wildman–Crippen LogP) is 19.4. The highest BCUT2D eigenvalue weighted by atomic mass is 31.2. The van der Waals surface area contributed by atoms with Gasteiger partial charge in [0, 0.05) is 25.7 Å². The van der Waals surface area contributed by atoms with E-state index in [1.54, 1.807) is 0 Å². The van der Waals surface area contributed by atoms with Crippen molar-refractivity contribution in [3.8, 4) is 0 Å². The molecule has 0 amide bonds. The van der Waals surface area contributed by atoms with Crippen LogP contribution in [0, 0.1) is 5.92 Å². The second-order valence-electron chi connectivity index (χ2n) is 25.0. The first-order valence-corrected chi connectivity index (χ1v) is 38.6. The first-order chi connectivity index (χ1) is 42.0. The number of aliphatic hydroxyl groups is 1. The molecule has 0 spiro atoms. The Balaban J connectivity index is 5.16. The Labute approximate surface area is 530 Å². The van der Waals surface area contributed by atoms with E-state index in [-0.39, 0.29) is 25.7 Å². The molecule has 0 aromatic rings. The lowest BCUT2D eigenvalue weighted by Crippen LogP contribution is -2.30. The molecule has 0 aliphatic rings. The van der Waals surface area contributed by atoms with Crippen molar-refractivity contribution in [2.75, 3.05) is 39.6 Å². The molecule has 0 fully saturated rings. The van der Waals surface area contributed by atoms with E-state index in [0.717, 1.165) is 102 Å². The van der Waals surface area contributed by atoms with E-state index in [1.807, 2.05) is 0 Å². The summed E-state index contributed by atoms with van der Waals surface area (Å²) in [5.74, 6) is -1.36. The van der Waals surface area contributed by atoms with Gasteiger partial charge in [-0.05, 0) is 31.6 Å². The molecule has 0 aliphatic heterocycles. The molecule has 0 saturated heterocycles. The zero-order valence-corrected chi connectivity index (χ0v) is 57.9. The van der Waals surface area contributed by atoms with Gasteiger partial charge in [-0.3, -0.25) is 37.3 Å². The molecule has 5 atom stereocenters. The first kappa shape index (κ1) is 85.1. The van der Waals surface area contributed by atoms with E-state index >= 15 is 0 Å². The van der Waals surface area contributed by atoms with Crippen LogP contribution in [0.25, 0.3) is 0 Å². The van der Waals surface area contributed by atoms with E-state index in [2.05, 4.69) is 34.6 Å².